The maximum Gasteiger partial charge on any atom is 0.322 e. The van der Waals surface area contributed by atoms with Gasteiger partial charge in [0.1, 0.15) is 5.54 Å². The Balaban J connectivity index is 1.86. The first-order valence-corrected chi connectivity index (χ1v) is 8.40. The number of anilines is 1. The minimum absolute atomic E-state index is 0.243. The fourth-order valence-electron chi connectivity index (χ4n) is 2.73. The summed E-state index contributed by atoms with van der Waals surface area (Å²) in [5.41, 5.74) is 1.37. The van der Waals surface area contributed by atoms with Crippen LogP contribution in [0.5, 0.6) is 0 Å². The highest BCUT2D eigenvalue weighted by Crippen LogP contribution is 2.27. The van der Waals surface area contributed by atoms with E-state index in [0.717, 1.165) is 10.0 Å². The van der Waals surface area contributed by atoms with Crippen LogP contribution in [0.4, 0.5) is 10.5 Å². The highest BCUT2D eigenvalue weighted by Gasteiger charge is 2.43. The fraction of sp³-hybridized carbons (Fsp3) is 0.167. The molecule has 6 nitrogen and oxygen atoms in total. The van der Waals surface area contributed by atoms with E-state index in [2.05, 4.69) is 31.9 Å². The van der Waals surface area contributed by atoms with Gasteiger partial charge < -0.3 is 10.6 Å². The van der Waals surface area contributed by atoms with Crippen LogP contribution in [0.15, 0.2) is 46.9 Å². The van der Waals surface area contributed by atoms with E-state index in [1.54, 1.807) is 43.3 Å². The molecular formula is C18H16BrN3O3. The zero-order valence-electron chi connectivity index (χ0n) is 13.6. The Hall–Kier alpha value is -2.67. The summed E-state index contributed by atoms with van der Waals surface area (Å²) < 4.78 is 0.902. The van der Waals surface area contributed by atoms with Crippen LogP contribution >= 0.6 is 15.9 Å². The lowest BCUT2D eigenvalue weighted by molar-refractivity contribution is -0.123. The van der Waals surface area contributed by atoms with Crippen LogP contribution in [0.2, 0.25) is 0 Å². The van der Waals surface area contributed by atoms with Crippen LogP contribution < -0.4 is 16.0 Å². The molecule has 1 atom stereocenters. The van der Waals surface area contributed by atoms with Gasteiger partial charge in [0.15, 0.2) is 0 Å². The number of rotatable bonds is 3. The summed E-state index contributed by atoms with van der Waals surface area (Å²) in [7, 11) is 0. The Labute approximate surface area is 153 Å². The molecule has 1 aliphatic heterocycles. The van der Waals surface area contributed by atoms with E-state index in [9.17, 15) is 14.4 Å². The second kappa shape index (κ2) is 6.33. The van der Waals surface area contributed by atoms with E-state index in [4.69, 9.17) is 0 Å². The van der Waals surface area contributed by atoms with Gasteiger partial charge in [-0.05, 0) is 55.3 Å². The van der Waals surface area contributed by atoms with Crippen LogP contribution in [-0.4, -0.2) is 17.8 Å². The van der Waals surface area contributed by atoms with Gasteiger partial charge in [-0.15, -0.1) is 0 Å². The summed E-state index contributed by atoms with van der Waals surface area (Å²) >= 11 is 3.37. The molecule has 25 heavy (non-hydrogen) atoms. The largest absolute Gasteiger partial charge is 0.322 e. The number of nitrogens with one attached hydrogen (secondary N) is 3. The fourth-order valence-corrected chi connectivity index (χ4v) is 3.21. The van der Waals surface area contributed by atoms with Crippen molar-refractivity contribution in [2.24, 2.45) is 0 Å². The van der Waals surface area contributed by atoms with Gasteiger partial charge in [-0.2, -0.15) is 0 Å². The molecule has 4 amide bonds. The van der Waals surface area contributed by atoms with Crippen molar-refractivity contribution < 1.29 is 14.4 Å². The number of hydrogen-bond acceptors (Lipinski definition) is 3. The normalized spacial score (nSPS) is 19.3. The summed E-state index contributed by atoms with van der Waals surface area (Å²) in [5.74, 6) is -0.669. The molecule has 1 aliphatic rings. The van der Waals surface area contributed by atoms with Crippen molar-refractivity contribution in [3.63, 3.8) is 0 Å². The van der Waals surface area contributed by atoms with Crippen molar-refractivity contribution in [1.82, 2.24) is 10.6 Å². The molecule has 3 N–H and O–H groups in total. The highest BCUT2D eigenvalue weighted by molar-refractivity contribution is 9.10. The molecule has 0 saturated carbocycles. The first kappa shape index (κ1) is 17.2. The molecule has 7 heteroatoms. The number of benzene rings is 2. The van der Waals surface area contributed by atoms with E-state index in [1.165, 1.54) is 0 Å². The topological polar surface area (TPSA) is 87.3 Å². The van der Waals surface area contributed by atoms with E-state index < -0.39 is 17.5 Å². The first-order valence-electron chi connectivity index (χ1n) is 7.61. The molecular weight excluding hydrogens is 386 g/mol. The average Bonchev–Trinajstić information content (AvgIpc) is 2.81. The standard InChI is InChI=1S/C18H16BrN3O3/c1-10-8-12(19)6-7-14(10)15(23)20-13-5-3-4-11(9-13)18(2)16(24)21-17(25)22-18/h3-9H,1-2H3,(H,20,23)(H2,21,22,24,25). The van der Waals surface area contributed by atoms with E-state index in [0.29, 0.717) is 16.8 Å². The Morgan fingerprint density at radius 3 is 2.56 bits per heavy atom. The average molecular weight is 402 g/mol. The maximum atomic E-state index is 12.5. The van der Waals surface area contributed by atoms with Gasteiger partial charge in [0.05, 0.1) is 0 Å². The molecule has 0 aromatic heterocycles. The summed E-state index contributed by atoms with van der Waals surface area (Å²) in [6.45, 7) is 3.47. The number of carbonyl (C=O) groups is 3. The van der Waals surface area contributed by atoms with Crippen LogP contribution in [0, 0.1) is 6.92 Å². The minimum Gasteiger partial charge on any atom is -0.322 e. The zero-order valence-corrected chi connectivity index (χ0v) is 15.2. The number of carbonyl (C=O) groups excluding carboxylic acids is 3. The zero-order chi connectivity index (χ0) is 18.2. The lowest BCUT2D eigenvalue weighted by Crippen LogP contribution is -2.40. The molecule has 3 rings (SSSR count). The Morgan fingerprint density at radius 2 is 1.92 bits per heavy atom. The molecule has 1 fully saturated rings. The van der Waals surface area contributed by atoms with Gasteiger partial charge >= 0.3 is 6.03 Å². The molecule has 0 bridgehead atoms. The predicted octanol–water partition coefficient (Wildman–Crippen LogP) is 3.06. The molecule has 128 valence electrons. The van der Waals surface area contributed by atoms with Crippen molar-refractivity contribution in [2.45, 2.75) is 19.4 Å². The Morgan fingerprint density at radius 1 is 1.16 bits per heavy atom. The number of amides is 4. The third kappa shape index (κ3) is 3.28. The van der Waals surface area contributed by atoms with Crippen molar-refractivity contribution in [1.29, 1.82) is 0 Å². The van der Waals surface area contributed by atoms with E-state index in [1.807, 2.05) is 13.0 Å². The van der Waals surface area contributed by atoms with E-state index >= 15 is 0 Å². The quantitative estimate of drug-likeness (QED) is 0.690. The minimum atomic E-state index is -1.16. The lowest BCUT2D eigenvalue weighted by Gasteiger charge is -2.21. The van der Waals surface area contributed by atoms with Crippen molar-refractivity contribution in [3.8, 4) is 0 Å². The smallest absolute Gasteiger partial charge is 0.322 e. The van der Waals surface area contributed by atoms with Crippen LogP contribution in [0.25, 0.3) is 0 Å². The van der Waals surface area contributed by atoms with Gasteiger partial charge in [-0.3, -0.25) is 14.9 Å². The summed E-state index contributed by atoms with van der Waals surface area (Å²) in [6.07, 6.45) is 0. The summed E-state index contributed by atoms with van der Waals surface area (Å²) in [5, 5.41) is 7.66. The summed E-state index contributed by atoms with van der Waals surface area (Å²) in [6, 6.07) is 11.7. The Kier molecular flexibility index (Phi) is 4.34. The van der Waals surface area contributed by atoms with Crippen LogP contribution in [0.1, 0.15) is 28.4 Å². The summed E-state index contributed by atoms with van der Waals surface area (Å²) in [4.78, 5) is 36.0. The molecule has 2 aromatic carbocycles. The monoisotopic (exact) mass is 401 g/mol. The highest BCUT2D eigenvalue weighted by atomic mass is 79.9. The number of hydrogen-bond donors (Lipinski definition) is 3. The first-order chi connectivity index (χ1) is 11.8. The molecule has 0 aliphatic carbocycles. The van der Waals surface area contributed by atoms with Crippen molar-refractivity contribution in [2.75, 3.05) is 5.32 Å². The number of halogens is 1. The molecule has 0 spiro atoms. The van der Waals surface area contributed by atoms with E-state index in [-0.39, 0.29) is 5.91 Å². The van der Waals surface area contributed by atoms with Crippen molar-refractivity contribution >= 4 is 39.5 Å². The lowest BCUT2D eigenvalue weighted by atomic mass is 9.92. The molecule has 1 unspecified atom stereocenters. The molecule has 1 heterocycles. The van der Waals surface area contributed by atoms with Crippen LogP contribution in [0.3, 0.4) is 0 Å². The SMILES string of the molecule is Cc1cc(Br)ccc1C(=O)Nc1cccc(C2(C)NC(=O)NC2=O)c1. The molecule has 1 saturated heterocycles. The van der Waals surface area contributed by atoms with Crippen LogP contribution in [-0.2, 0) is 10.3 Å². The van der Waals surface area contributed by atoms with Gasteiger partial charge in [0.25, 0.3) is 11.8 Å². The second-order valence-corrected chi connectivity index (χ2v) is 6.94. The molecule has 0 radical (unpaired) electrons. The van der Waals surface area contributed by atoms with Gasteiger partial charge in [-0.25, -0.2) is 4.79 Å². The van der Waals surface area contributed by atoms with Gasteiger partial charge in [-0.1, -0.05) is 28.1 Å². The third-order valence-electron chi connectivity index (χ3n) is 4.18. The molecule has 2 aromatic rings. The van der Waals surface area contributed by atoms with Gasteiger partial charge in [0.2, 0.25) is 0 Å². The number of aryl methyl sites for hydroxylation is 1. The number of imide groups is 1. The third-order valence-corrected chi connectivity index (χ3v) is 4.67. The second-order valence-electron chi connectivity index (χ2n) is 6.03. The number of urea groups is 1. The predicted molar refractivity (Wildman–Crippen MR) is 97.3 cm³/mol. The Bertz CT molecular complexity index is 897. The van der Waals surface area contributed by atoms with Gasteiger partial charge in [0, 0.05) is 15.7 Å². The van der Waals surface area contributed by atoms with Crippen molar-refractivity contribution in [3.05, 3.63) is 63.6 Å². The maximum absolute atomic E-state index is 12.5.